The van der Waals surface area contributed by atoms with Gasteiger partial charge in [0.2, 0.25) is 0 Å². The Balaban J connectivity index is 1.83. The van der Waals surface area contributed by atoms with E-state index in [0.717, 1.165) is 11.6 Å². The van der Waals surface area contributed by atoms with Gasteiger partial charge in [0.05, 0.1) is 24.3 Å². The highest BCUT2D eigenvalue weighted by atomic mass is 35.5. The average molecular weight is 508 g/mol. The van der Waals surface area contributed by atoms with Crippen LogP contribution in [0.5, 0.6) is 17.2 Å². The first kappa shape index (κ1) is 26.1. The van der Waals surface area contributed by atoms with Crippen LogP contribution in [0.4, 0.5) is 11.4 Å². The molecule has 3 aromatic rings. The molecule has 10 heteroatoms. The second-order valence-corrected chi connectivity index (χ2v) is 7.76. The summed E-state index contributed by atoms with van der Waals surface area (Å²) in [6, 6.07) is 17.9. The smallest absolute Gasteiger partial charge is 0.271 e. The Kier molecular flexibility index (Phi) is 8.86. The number of hydrogen-bond donors (Lipinski definition) is 1. The van der Waals surface area contributed by atoms with Crippen molar-refractivity contribution in [1.82, 2.24) is 0 Å². The zero-order valence-corrected chi connectivity index (χ0v) is 20.2. The minimum absolute atomic E-state index is 0.0672. The standard InChI is InChI=1S/C26H22ClN3O6/c1-3-35-25-13-17(7-9-24(25)36-16-18-5-4-6-20(27)12-18)11-19(15-28)26(31)29-22-14-21(30(32)33)8-10-23(22)34-2/h4-14H,3,16H2,1-2H3,(H,29,31)/b19-11+. The Morgan fingerprint density at radius 3 is 2.56 bits per heavy atom. The molecule has 0 spiro atoms. The summed E-state index contributed by atoms with van der Waals surface area (Å²) in [6.45, 7) is 2.47. The Morgan fingerprint density at radius 1 is 1.11 bits per heavy atom. The molecule has 0 atom stereocenters. The highest BCUT2D eigenvalue weighted by Crippen LogP contribution is 2.31. The van der Waals surface area contributed by atoms with Gasteiger partial charge in [-0.2, -0.15) is 5.26 Å². The second-order valence-electron chi connectivity index (χ2n) is 7.32. The van der Waals surface area contributed by atoms with E-state index in [-0.39, 0.29) is 29.3 Å². The van der Waals surface area contributed by atoms with Crippen LogP contribution in [-0.2, 0) is 11.4 Å². The summed E-state index contributed by atoms with van der Waals surface area (Å²) in [5, 5.41) is 23.8. The van der Waals surface area contributed by atoms with Crippen molar-refractivity contribution in [3.63, 3.8) is 0 Å². The van der Waals surface area contributed by atoms with E-state index in [4.69, 9.17) is 25.8 Å². The molecule has 0 fully saturated rings. The van der Waals surface area contributed by atoms with Crippen LogP contribution >= 0.6 is 11.6 Å². The molecule has 184 valence electrons. The summed E-state index contributed by atoms with van der Waals surface area (Å²) >= 11 is 6.02. The highest BCUT2D eigenvalue weighted by molar-refractivity contribution is 6.30. The lowest BCUT2D eigenvalue weighted by atomic mass is 10.1. The van der Waals surface area contributed by atoms with Crippen molar-refractivity contribution in [3.8, 4) is 23.3 Å². The normalized spacial score (nSPS) is 10.8. The fourth-order valence-corrected chi connectivity index (χ4v) is 3.41. The van der Waals surface area contributed by atoms with E-state index in [1.165, 1.54) is 25.3 Å². The predicted molar refractivity (Wildman–Crippen MR) is 135 cm³/mol. The van der Waals surface area contributed by atoms with Gasteiger partial charge in [0.25, 0.3) is 11.6 Å². The molecule has 0 saturated heterocycles. The number of amides is 1. The van der Waals surface area contributed by atoms with Gasteiger partial charge in [-0.1, -0.05) is 29.8 Å². The fraction of sp³-hybridized carbons (Fsp3) is 0.154. The van der Waals surface area contributed by atoms with Crippen LogP contribution in [0.3, 0.4) is 0 Å². The summed E-state index contributed by atoms with van der Waals surface area (Å²) in [7, 11) is 1.36. The van der Waals surface area contributed by atoms with E-state index in [1.807, 2.05) is 25.1 Å². The molecule has 0 aliphatic rings. The quantitative estimate of drug-likeness (QED) is 0.159. The fourth-order valence-electron chi connectivity index (χ4n) is 3.20. The first-order chi connectivity index (χ1) is 17.3. The van der Waals surface area contributed by atoms with Gasteiger partial charge in [-0.25, -0.2) is 0 Å². The molecule has 0 saturated carbocycles. The van der Waals surface area contributed by atoms with Gasteiger partial charge in [0.1, 0.15) is 24.0 Å². The topological polar surface area (TPSA) is 124 Å². The number of carbonyl (C=O) groups excluding carboxylic acids is 1. The van der Waals surface area contributed by atoms with Crippen molar-refractivity contribution in [1.29, 1.82) is 5.26 Å². The lowest BCUT2D eigenvalue weighted by Crippen LogP contribution is -2.14. The number of nitrogens with zero attached hydrogens (tertiary/aromatic N) is 2. The third kappa shape index (κ3) is 6.74. The van der Waals surface area contributed by atoms with E-state index in [2.05, 4.69) is 5.32 Å². The summed E-state index contributed by atoms with van der Waals surface area (Å²) in [4.78, 5) is 23.3. The Labute approximate surface area is 212 Å². The van der Waals surface area contributed by atoms with Crippen molar-refractivity contribution in [2.75, 3.05) is 19.0 Å². The van der Waals surface area contributed by atoms with Gasteiger partial charge >= 0.3 is 0 Å². The first-order valence-electron chi connectivity index (χ1n) is 10.7. The lowest BCUT2D eigenvalue weighted by molar-refractivity contribution is -0.384. The van der Waals surface area contributed by atoms with Gasteiger partial charge in [0.15, 0.2) is 11.5 Å². The maximum absolute atomic E-state index is 12.8. The number of carbonyl (C=O) groups is 1. The number of rotatable bonds is 10. The van der Waals surface area contributed by atoms with E-state index in [9.17, 15) is 20.2 Å². The maximum atomic E-state index is 12.8. The molecule has 0 aliphatic heterocycles. The number of hydrogen-bond acceptors (Lipinski definition) is 7. The molecule has 3 aromatic carbocycles. The molecule has 0 aromatic heterocycles. The third-order valence-corrected chi connectivity index (χ3v) is 5.10. The van der Waals surface area contributed by atoms with Crippen molar-refractivity contribution in [2.45, 2.75) is 13.5 Å². The van der Waals surface area contributed by atoms with E-state index in [0.29, 0.717) is 28.7 Å². The zero-order chi connectivity index (χ0) is 26.1. The summed E-state index contributed by atoms with van der Waals surface area (Å²) in [6.07, 6.45) is 1.38. The summed E-state index contributed by atoms with van der Waals surface area (Å²) in [5.41, 5.74) is 1.01. The largest absolute Gasteiger partial charge is 0.495 e. The van der Waals surface area contributed by atoms with Gasteiger partial charge in [-0.05, 0) is 54.5 Å². The summed E-state index contributed by atoms with van der Waals surface area (Å²) < 4.78 is 16.7. The predicted octanol–water partition coefficient (Wildman–Crippen LogP) is 5.78. The minimum atomic E-state index is -0.754. The molecule has 36 heavy (non-hydrogen) atoms. The van der Waals surface area contributed by atoms with Crippen LogP contribution in [0.1, 0.15) is 18.1 Å². The number of anilines is 1. The molecule has 0 unspecified atom stereocenters. The highest BCUT2D eigenvalue weighted by Gasteiger charge is 2.17. The van der Waals surface area contributed by atoms with Crippen molar-refractivity contribution in [2.24, 2.45) is 0 Å². The monoisotopic (exact) mass is 507 g/mol. The molecular formula is C26H22ClN3O6. The molecule has 1 amide bonds. The van der Waals surface area contributed by atoms with Crippen molar-refractivity contribution in [3.05, 3.63) is 92.5 Å². The number of non-ortho nitro benzene ring substituents is 1. The average Bonchev–Trinajstić information content (AvgIpc) is 2.86. The molecule has 0 aliphatic carbocycles. The van der Waals surface area contributed by atoms with Crippen molar-refractivity contribution >= 4 is 35.0 Å². The molecule has 1 N–H and O–H groups in total. The van der Waals surface area contributed by atoms with Crippen LogP contribution in [0.15, 0.2) is 66.2 Å². The maximum Gasteiger partial charge on any atom is 0.271 e. The Hall–Kier alpha value is -4.55. The number of halogens is 1. The molecule has 3 rings (SSSR count). The summed E-state index contributed by atoms with van der Waals surface area (Å²) in [5.74, 6) is 0.381. The van der Waals surface area contributed by atoms with Gasteiger partial charge in [0, 0.05) is 17.2 Å². The van der Waals surface area contributed by atoms with E-state index >= 15 is 0 Å². The molecular weight excluding hydrogens is 486 g/mol. The molecule has 0 bridgehead atoms. The van der Waals surface area contributed by atoms with Crippen LogP contribution in [0, 0.1) is 21.4 Å². The van der Waals surface area contributed by atoms with Gasteiger partial charge in [-0.3, -0.25) is 14.9 Å². The minimum Gasteiger partial charge on any atom is -0.495 e. The van der Waals surface area contributed by atoms with Gasteiger partial charge < -0.3 is 19.5 Å². The van der Waals surface area contributed by atoms with E-state index in [1.54, 1.807) is 30.3 Å². The number of nitrogens with one attached hydrogen (secondary N) is 1. The number of methoxy groups -OCH3 is 1. The molecule has 9 nitrogen and oxygen atoms in total. The Morgan fingerprint density at radius 2 is 1.89 bits per heavy atom. The molecule has 0 radical (unpaired) electrons. The van der Waals surface area contributed by atoms with Crippen molar-refractivity contribution < 1.29 is 23.9 Å². The number of nitro benzene ring substituents is 1. The van der Waals surface area contributed by atoms with Crippen LogP contribution in [-0.4, -0.2) is 24.5 Å². The van der Waals surface area contributed by atoms with Crippen LogP contribution in [0.25, 0.3) is 6.08 Å². The zero-order valence-electron chi connectivity index (χ0n) is 19.5. The molecule has 0 heterocycles. The van der Waals surface area contributed by atoms with Gasteiger partial charge in [-0.15, -0.1) is 0 Å². The number of nitro groups is 1. The number of nitriles is 1. The second kappa shape index (κ2) is 12.2. The number of ether oxygens (including phenoxy) is 3. The lowest BCUT2D eigenvalue weighted by Gasteiger charge is -2.13. The first-order valence-corrected chi connectivity index (χ1v) is 11.1. The van der Waals surface area contributed by atoms with Crippen LogP contribution < -0.4 is 19.5 Å². The van der Waals surface area contributed by atoms with Crippen LogP contribution in [0.2, 0.25) is 5.02 Å². The van der Waals surface area contributed by atoms with E-state index < -0.39 is 10.8 Å². The third-order valence-electron chi connectivity index (χ3n) is 4.87. The SMILES string of the molecule is CCOc1cc(/C=C(\C#N)C(=O)Nc2cc([N+](=O)[O-])ccc2OC)ccc1OCc1cccc(Cl)c1. The number of benzene rings is 3. The Bertz CT molecular complexity index is 1350.